The number of aryl methyl sites for hydroxylation is 1. The first-order chi connectivity index (χ1) is 9.29. The van der Waals surface area contributed by atoms with Gasteiger partial charge in [0.25, 0.3) is 0 Å². The molecule has 0 radical (unpaired) electrons. The van der Waals surface area contributed by atoms with Crippen LogP contribution in [0.15, 0.2) is 24.3 Å². The van der Waals surface area contributed by atoms with Crippen molar-refractivity contribution in [1.29, 1.82) is 0 Å². The fourth-order valence-corrected chi connectivity index (χ4v) is 2.61. The van der Waals surface area contributed by atoms with Crippen LogP contribution < -0.4 is 5.32 Å². The Bertz CT molecular complexity index is 411. The summed E-state index contributed by atoms with van der Waals surface area (Å²) >= 11 is 0. The maximum Gasteiger partial charge on any atom is 0.225 e. The van der Waals surface area contributed by atoms with Crippen molar-refractivity contribution in [2.24, 2.45) is 0 Å². The molecule has 1 aliphatic rings. The van der Waals surface area contributed by atoms with E-state index in [1.54, 1.807) is 0 Å². The standard InChI is InChI=1S/C16H24N2O/c1-2-14-8-4-5-9-15(14)17-16(19)10-13-18-11-6-3-7-12-18/h4-5,8-9H,2-3,6-7,10-13H2,1H3,(H,17,19). The van der Waals surface area contributed by atoms with Crippen LogP contribution in [0, 0.1) is 0 Å². The lowest BCUT2D eigenvalue weighted by Gasteiger charge is -2.26. The first-order valence-corrected chi connectivity index (χ1v) is 7.39. The Kier molecular flexibility index (Phi) is 5.40. The Morgan fingerprint density at radius 2 is 1.95 bits per heavy atom. The summed E-state index contributed by atoms with van der Waals surface area (Å²) in [7, 11) is 0. The number of hydrogen-bond acceptors (Lipinski definition) is 2. The minimum absolute atomic E-state index is 0.131. The molecule has 1 aliphatic heterocycles. The molecule has 1 N–H and O–H groups in total. The number of carbonyl (C=O) groups is 1. The molecule has 1 heterocycles. The molecule has 1 fully saturated rings. The van der Waals surface area contributed by atoms with Gasteiger partial charge in [0.1, 0.15) is 0 Å². The lowest BCUT2D eigenvalue weighted by molar-refractivity contribution is -0.116. The van der Waals surface area contributed by atoms with E-state index < -0.39 is 0 Å². The fourth-order valence-electron chi connectivity index (χ4n) is 2.61. The molecule has 1 aromatic rings. The Balaban J connectivity index is 1.80. The second-order valence-electron chi connectivity index (χ2n) is 5.21. The number of rotatable bonds is 5. The van der Waals surface area contributed by atoms with Gasteiger partial charge in [-0.2, -0.15) is 0 Å². The zero-order valence-corrected chi connectivity index (χ0v) is 11.8. The summed E-state index contributed by atoms with van der Waals surface area (Å²) in [6.45, 7) is 5.30. The number of hydrogen-bond donors (Lipinski definition) is 1. The lowest BCUT2D eigenvalue weighted by Crippen LogP contribution is -2.32. The van der Waals surface area contributed by atoms with Gasteiger partial charge in [-0.05, 0) is 44.0 Å². The fraction of sp³-hybridized carbons (Fsp3) is 0.562. The molecule has 0 bridgehead atoms. The van der Waals surface area contributed by atoms with Crippen molar-refractivity contribution in [3.8, 4) is 0 Å². The Hall–Kier alpha value is -1.35. The summed E-state index contributed by atoms with van der Waals surface area (Å²) in [5, 5.41) is 3.04. The van der Waals surface area contributed by atoms with Crippen molar-refractivity contribution in [3.05, 3.63) is 29.8 Å². The van der Waals surface area contributed by atoms with Gasteiger partial charge in [-0.1, -0.05) is 31.5 Å². The third-order valence-electron chi connectivity index (χ3n) is 3.78. The van der Waals surface area contributed by atoms with Crippen LogP contribution in [-0.4, -0.2) is 30.4 Å². The van der Waals surface area contributed by atoms with E-state index in [9.17, 15) is 4.79 Å². The first-order valence-electron chi connectivity index (χ1n) is 7.39. The third-order valence-corrected chi connectivity index (χ3v) is 3.78. The molecule has 3 nitrogen and oxygen atoms in total. The summed E-state index contributed by atoms with van der Waals surface area (Å²) in [5.74, 6) is 0.131. The number of para-hydroxylation sites is 1. The molecule has 0 saturated carbocycles. The van der Waals surface area contributed by atoms with Crippen molar-refractivity contribution in [3.63, 3.8) is 0 Å². The van der Waals surface area contributed by atoms with Gasteiger partial charge in [0.2, 0.25) is 5.91 Å². The number of anilines is 1. The van der Waals surface area contributed by atoms with Gasteiger partial charge in [-0.15, -0.1) is 0 Å². The highest BCUT2D eigenvalue weighted by atomic mass is 16.1. The Morgan fingerprint density at radius 3 is 2.68 bits per heavy atom. The molecule has 0 aromatic heterocycles. The van der Waals surface area contributed by atoms with Crippen LogP contribution in [-0.2, 0) is 11.2 Å². The molecule has 104 valence electrons. The summed E-state index contributed by atoms with van der Waals surface area (Å²) in [6, 6.07) is 8.04. The predicted molar refractivity (Wildman–Crippen MR) is 79.4 cm³/mol. The summed E-state index contributed by atoms with van der Waals surface area (Å²) in [6.07, 6.45) is 5.44. The minimum Gasteiger partial charge on any atom is -0.326 e. The predicted octanol–water partition coefficient (Wildman–Crippen LogP) is 3.06. The second-order valence-corrected chi connectivity index (χ2v) is 5.21. The maximum atomic E-state index is 12.0. The van der Waals surface area contributed by atoms with Crippen molar-refractivity contribution in [1.82, 2.24) is 4.90 Å². The van der Waals surface area contributed by atoms with E-state index in [0.717, 1.165) is 31.7 Å². The van der Waals surface area contributed by atoms with Gasteiger partial charge in [-0.3, -0.25) is 4.79 Å². The normalized spacial score (nSPS) is 16.3. The van der Waals surface area contributed by atoms with E-state index in [2.05, 4.69) is 23.2 Å². The van der Waals surface area contributed by atoms with Crippen molar-refractivity contribution in [2.75, 3.05) is 25.0 Å². The molecule has 0 spiro atoms. The number of likely N-dealkylation sites (tertiary alicyclic amines) is 1. The van der Waals surface area contributed by atoms with E-state index in [4.69, 9.17) is 0 Å². The summed E-state index contributed by atoms with van der Waals surface area (Å²) < 4.78 is 0. The monoisotopic (exact) mass is 260 g/mol. The number of amides is 1. The van der Waals surface area contributed by atoms with E-state index >= 15 is 0 Å². The molecule has 1 saturated heterocycles. The van der Waals surface area contributed by atoms with Crippen LogP contribution in [0.5, 0.6) is 0 Å². The van der Waals surface area contributed by atoms with Crippen LogP contribution >= 0.6 is 0 Å². The highest BCUT2D eigenvalue weighted by Gasteiger charge is 2.12. The molecule has 0 aliphatic carbocycles. The zero-order chi connectivity index (χ0) is 13.5. The molecule has 2 rings (SSSR count). The highest BCUT2D eigenvalue weighted by molar-refractivity contribution is 5.91. The topological polar surface area (TPSA) is 32.3 Å². The SMILES string of the molecule is CCc1ccccc1NC(=O)CCN1CCCCC1. The average molecular weight is 260 g/mol. The second kappa shape index (κ2) is 7.29. The number of nitrogens with zero attached hydrogens (tertiary/aromatic N) is 1. The molecule has 3 heteroatoms. The quantitative estimate of drug-likeness (QED) is 0.882. The van der Waals surface area contributed by atoms with E-state index in [-0.39, 0.29) is 5.91 Å². The zero-order valence-electron chi connectivity index (χ0n) is 11.8. The largest absolute Gasteiger partial charge is 0.326 e. The van der Waals surface area contributed by atoms with Gasteiger partial charge in [0.05, 0.1) is 0 Å². The van der Waals surface area contributed by atoms with Gasteiger partial charge < -0.3 is 10.2 Å². The number of piperidine rings is 1. The van der Waals surface area contributed by atoms with Crippen LogP contribution in [0.25, 0.3) is 0 Å². The number of nitrogens with one attached hydrogen (secondary N) is 1. The molecule has 1 aromatic carbocycles. The van der Waals surface area contributed by atoms with Crippen LogP contribution in [0.4, 0.5) is 5.69 Å². The van der Waals surface area contributed by atoms with Crippen LogP contribution in [0.3, 0.4) is 0 Å². The smallest absolute Gasteiger partial charge is 0.225 e. The first kappa shape index (κ1) is 14.1. The molecule has 0 unspecified atom stereocenters. The summed E-state index contributed by atoms with van der Waals surface area (Å²) in [5.41, 5.74) is 2.17. The van der Waals surface area contributed by atoms with E-state index in [1.165, 1.54) is 24.8 Å². The third kappa shape index (κ3) is 4.35. The van der Waals surface area contributed by atoms with E-state index in [1.807, 2.05) is 18.2 Å². The maximum absolute atomic E-state index is 12.0. The molecular weight excluding hydrogens is 236 g/mol. The highest BCUT2D eigenvalue weighted by Crippen LogP contribution is 2.16. The minimum atomic E-state index is 0.131. The average Bonchev–Trinajstić information content (AvgIpc) is 2.47. The van der Waals surface area contributed by atoms with Gasteiger partial charge in [0, 0.05) is 18.7 Å². The number of benzene rings is 1. The summed E-state index contributed by atoms with van der Waals surface area (Å²) in [4.78, 5) is 14.4. The Labute approximate surface area is 116 Å². The molecule has 0 atom stereocenters. The van der Waals surface area contributed by atoms with Crippen molar-refractivity contribution in [2.45, 2.75) is 39.0 Å². The molecule has 1 amide bonds. The van der Waals surface area contributed by atoms with Crippen molar-refractivity contribution >= 4 is 11.6 Å². The van der Waals surface area contributed by atoms with Crippen LogP contribution in [0.1, 0.15) is 38.2 Å². The van der Waals surface area contributed by atoms with Crippen LogP contribution in [0.2, 0.25) is 0 Å². The Morgan fingerprint density at radius 1 is 1.21 bits per heavy atom. The van der Waals surface area contributed by atoms with Gasteiger partial charge in [0.15, 0.2) is 0 Å². The van der Waals surface area contributed by atoms with E-state index in [0.29, 0.717) is 6.42 Å². The van der Waals surface area contributed by atoms with Gasteiger partial charge in [-0.25, -0.2) is 0 Å². The lowest BCUT2D eigenvalue weighted by atomic mass is 10.1. The van der Waals surface area contributed by atoms with Gasteiger partial charge >= 0.3 is 0 Å². The molecule has 19 heavy (non-hydrogen) atoms. The van der Waals surface area contributed by atoms with Crippen molar-refractivity contribution < 1.29 is 4.79 Å². The number of carbonyl (C=O) groups excluding carboxylic acids is 1. The molecular formula is C16H24N2O.